The standard InChI is InChI=1S/C21H30O3/c1-20-9-7-13(19(23)24)11-14(20)3-5-16-17-6-4-15(12-22)21(17,2)10-8-18(16)20/h11-12,14-18H,3-10H2,1-2H3,(H,23,24)/t14?,15?,16-,17-,18+,20-,21+/m0/s1. The second kappa shape index (κ2) is 5.44. The van der Waals surface area contributed by atoms with Gasteiger partial charge in [-0.15, -0.1) is 0 Å². The van der Waals surface area contributed by atoms with Gasteiger partial charge in [-0.1, -0.05) is 19.9 Å². The molecular weight excluding hydrogens is 300 g/mol. The van der Waals surface area contributed by atoms with Crippen LogP contribution in [0.4, 0.5) is 0 Å². The molecule has 0 bridgehead atoms. The first-order valence-corrected chi connectivity index (χ1v) is 9.79. The highest BCUT2D eigenvalue weighted by atomic mass is 16.4. The fourth-order valence-electron chi connectivity index (χ4n) is 7.30. The molecule has 0 aromatic carbocycles. The number of rotatable bonds is 2. The number of carbonyl (C=O) groups is 2. The van der Waals surface area contributed by atoms with E-state index in [1.165, 1.54) is 32.0 Å². The first-order chi connectivity index (χ1) is 11.4. The Morgan fingerprint density at radius 2 is 1.83 bits per heavy atom. The van der Waals surface area contributed by atoms with Gasteiger partial charge < -0.3 is 9.90 Å². The smallest absolute Gasteiger partial charge is 0.331 e. The van der Waals surface area contributed by atoms with Crippen molar-refractivity contribution in [2.45, 2.75) is 65.2 Å². The molecule has 4 aliphatic rings. The van der Waals surface area contributed by atoms with Gasteiger partial charge in [0.05, 0.1) is 0 Å². The molecule has 0 aliphatic heterocycles. The summed E-state index contributed by atoms with van der Waals surface area (Å²) in [6, 6.07) is 0. The summed E-state index contributed by atoms with van der Waals surface area (Å²) in [4.78, 5) is 22.9. The van der Waals surface area contributed by atoms with Crippen molar-refractivity contribution >= 4 is 12.3 Å². The van der Waals surface area contributed by atoms with Crippen molar-refractivity contribution in [2.24, 2.45) is 40.4 Å². The zero-order valence-electron chi connectivity index (χ0n) is 15.0. The number of carboxylic acid groups (broad SMARTS) is 1. The molecule has 4 aliphatic carbocycles. The largest absolute Gasteiger partial charge is 0.478 e. The van der Waals surface area contributed by atoms with E-state index in [1.54, 1.807) is 0 Å². The normalized spacial score (nSPS) is 50.2. The number of hydrogen-bond donors (Lipinski definition) is 1. The Kier molecular flexibility index (Phi) is 3.71. The third-order valence-corrected chi connectivity index (χ3v) is 8.79. The van der Waals surface area contributed by atoms with E-state index >= 15 is 0 Å². The molecule has 7 atom stereocenters. The molecule has 1 N–H and O–H groups in total. The lowest BCUT2D eigenvalue weighted by Crippen LogP contribution is -2.52. The highest BCUT2D eigenvalue weighted by Crippen LogP contribution is 2.66. The number of fused-ring (bicyclic) bond motifs is 5. The molecule has 0 saturated heterocycles. The lowest BCUT2D eigenvalue weighted by Gasteiger charge is -2.59. The van der Waals surface area contributed by atoms with Crippen molar-refractivity contribution in [2.75, 3.05) is 0 Å². The van der Waals surface area contributed by atoms with E-state index in [2.05, 4.69) is 19.9 Å². The van der Waals surface area contributed by atoms with Crippen LogP contribution < -0.4 is 0 Å². The highest BCUT2D eigenvalue weighted by Gasteiger charge is 2.59. The molecule has 4 rings (SSSR count). The summed E-state index contributed by atoms with van der Waals surface area (Å²) in [6.45, 7) is 4.80. The van der Waals surface area contributed by atoms with Gasteiger partial charge in [-0.25, -0.2) is 4.79 Å². The summed E-state index contributed by atoms with van der Waals surface area (Å²) >= 11 is 0. The number of hydrogen-bond acceptors (Lipinski definition) is 2. The molecule has 0 aromatic rings. The number of aliphatic carboxylic acids is 1. The van der Waals surface area contributed by atoms with E-state index in [4.69, 9.17) is 0 Å². The van der Waals surface area contributed by atoms with Gasteiger partial charge in [0.1, 0.15) is 6.29 Å². The van der Waals surface area contributed by atoms with Gasteiger partial charge in [-0.2, -0.15) is 0 Å². The van der Waals surface area contributed by atoms with Crippen LogP contribution in [0.25, 0.3) is 0 Å². The van der Waals surface area contributed by atoms with Crippen molar-refractivity contribution in [1.29, 1.82) is 0 Å². The summed E-state index contributed by atoms with van der Waals surface area (Å²) in [6.07, 6.45) is 12.1. The van der Waals surface area contributed by atoms with E-state index < -0.39 is 5.97 Å². The Morgan fingerprint density at radius 1 is 1.08 bits per heavy atom. The fraction of sp³-hybridized carbons (Fsp3) is 0.810. The fourth-order valence-corrected chi connectivity index (χ4v) is 7.30. The van der Waals surface area contributed by atoms with Gasteiger partial charge in [0, 0.05) is 11.5 Å². The molecule has 132 valence electrons. The second-order valence-corrected chi connectivity index (χ2v) is 9.43. The predicted octanol–water partition coefficient (Wildman–Crippen LogP) is 4.47. The molecule has 0 amide bonds. The maximum Gasteiger partial charge on any atom is 0.331 e. The third-order valence-electron chi connectivity index (χ3n) is 8.79. The molecule has 3 nitrogen and oxygen atoms in total. The highest BCUT2D eigenvalue weighted by molar-refractivity contribution is 5.86. The van der Waals surface area contributed by atoms with E-state index in [0.29, 0.717) is 23.3 Å². The lowest BCUT2D eigenvalue weighted by atomic mass is 9.45. The first-order valence-electron chi connectivity index (χ1n) is 9.79. The molecule has 2 unspecified atom stereocenters. The second-order valence-electron chi connectivity index (χ2n) is 9.43. The number of allylic oxidation sites excluding steroid dienone is 1. The maximum atomic E-state index is 11.6. The van der Waals surface area contributed by atoms with Crippen LogP contribution in [0.3, 0.4) is 0 Å². The molecule has 3 fully saturated rings. The van der Waals surface area contributed by atoms with E-state index in [1.807, 2.05) is 0 Å². The SMILES string of the molecule is C[C@]12CCC(C(=O)O)=CC1CC[C@@H]1[C@H]2CC[C@]2(C)C(C=O)CC[C@@H]12. The molecule has 0 radical (unpaired) electrons. The summed E-state index contributed by atoms with van der Waals surface area (Å²) in [7, 11) is 0. The molecule has 24 heavy (non-hydrogen) atoms. The van der Waals surface area contributed by atoms with E-state index in [0.717, 1.165) is 31.6 Å². The lowest BCUT2D eigenvalue weighted by molar-refractivity contribution is -0.133. The summed E-state index contributed by atoms with van der Waals surface area (Å²) in [5.74, 6) is 2.14. The van der Waals surface area contributed by atoms with Crippen molar-refractivity contribution in [1.82, 2.24) is 0 Å². The van der Waals surface area contributed by atoms with Crippen LogP contribution in [-0.4, -0.2) is 17.4 Å². The van der Waals surface area contributed by atoms with Gasteiger partial charge in [0.15, 0.2) is 0 Å². The van der Waals surface area contributed by atoms with Gasteiger partial charge in [-0.05, 0) is 85.9 Å². The number of carbonyl (C=O) groups excluding carboxylic acids is 1. The minimum atomic E-state index is -0.722. The third kappa shape index (κ3) is 2.09. The number of aldehydes is 1. The van der Waals surface area contributed by atoms with Crippen LogP contribution in [-0.2, 0) is 9.59 Å². The molecule has 0 aromatic heterocycles. The minimum absolute atomic E-state index is 0.225. The molecule has 0 spiro atoms. The molecule has 0 heterocycles. The van der Waals surface area contributed by atoms with Crippen molar-refractivity contribution in [3.63, 3.8) is 0 Å². The monoisotopic (exact) mass is 330 g/mol. The van der Waals surface area contributed by atoms with Crippen LogP contribution in [0.1, 0.15) is 65.2 Å². The van der Waals surface area contributed by atoms with E-state index in [9.17, 15) is 14.7 Å². The minimum Gasteiger partial charge on any atom is -0.478 e. The average Bonchev–Trinajstić information content (AvgIpc) is 2.90. The van der Waals surface area contributed by atoms with E-state index in [-0.39, 0.29) is 16.7 Å². The Hall–Kier alpha value is -1.12. The van der Waals surface area contributed by atoms with Crippen LogP contribution >= 0.6 is 0 Å². The Morgan fingerprint density at radius 3 is 2.54 bits per heavy atom. The molecular formula is C21H30O3. The first kappa shape index (κ1) is 16.4. The zero-order chi connectivity index (χ0) is 17.1. The van der Waals surface area contributed by atoms with Crippen molar-refractivity contribution in [3.8, 4) is 0 Å². The van der Waals surface area contributed by atoms with Crippen molar-refractivity contribution in [3.05, 3.63) is 11.6 Å². The van der Waals surface area contributed by atoms with Crippen molar-refractivity contribution < 1.29 is 14.7 Å². The van der Waals surface area contributed by atoms with Crippen LogP contribution in [0.2, 0.25) is 0 Å². The summed E-state index contributed by atoms with van der Waals surface area (Å²) in [5, 5.41) is 9.36. The Bertz CT molecular complexity index is 594. The average molecular weight is 330 g/mol. The van der Waals surface area contributed by atoms with Crippen LogP contribution in [0.15, 0.2) is 11.6 Å². The van der Waals surface area contributed by atoms with Gasteiger partial charge in [0.2, 0.25) is 0 Å². The summed E-state index contributed by atoms with van der Waals surface area (Å²) in [5.41, 5.74) is 1.13. The Labute approximate surface area is 144 Å². The summed E-state index contributed by atoms with van der Waals surface area (Å²) < 4.78 is 0. The van der Waals surface area contributed by atoms with Gasteiger partial charge in [-0.3, -0.25) is 0 Å². The maximum absolute atomic E-state index is 11.6. The quantitative estimate of drug-likeness (QED) is 0.760. The Balaban J connectivity index is 1.63. The topological polar surface area (TPSA) is 54.4 Å². The van der Waals surface area contributed by atoms with Gasteiger partial charge in [0.25, 0.3) is 0 Å². The van der Waals surface area contributed by atoms with Crippen LogP contribution in [0.5, 0.6) is 0 Å². The number of carboxylic acids is 1. The van der Waals surface area contributed by atoms with Crippen LogP contribution in [0, 0.1) is 40.4 Å². The predicted molar refractivity (Wildman–Crippen MR) is 92.4 cm³/mol. The zero-order valence-corrected chi connectivity index (χ0v) is 15.0. The molecule has 3 saturated carbocycles. The van der Waals surface area contributed by atoms with Gasteiger partial charge >= 0.3 is 5.97 Å². The molecule has 3 heteroatoms.